The summed E-state index contributed by atoms with van der Waals surface area (Å²) in [5.41, 5.74) is 9.15. The molecule has 0 saturated heterocycles. The van der Waals surface area contributed by atoms with Crippen LogP contribution in [0.15, 0.2) is 0 Å². The minimum absolute atomic E-state index is 0.324. The summed E-state index contributed by atoms with van der Waals surface area (Å²) >= 11 is 0. The highest BCUT2D eigenvalue weighted by Gasteiger charge is 2.08. The Morgan fingerprint density at radius 3 is 2.29 bits per heavy atom. The second-order valence-electron chi connectivity index (χ2n) is 1.11. The fourth-order valence-electron chi connectivity index (χ4n) is 0.116. The van der Waals surface area contributed by atoms with E-state index in [0.717, 1.165) is 0 Å². The Kier molecular flexibility index (Phi) is 2.29. The van der Waals surface area contributed by atoms with Crippen LogP contribution < -0.4 is 11.5 Å². The summed E-state index contributed by atoms with van der Waals surface area (Å²) < 4.78 is 11.7. The fourth-order valence-corrected chi connectivity index (χ4v) is 0.116. The zero-order valence-electron chi connectivity index (χ0n) is 3.73. The van der Waals surface area contributed by atoms with Crippen molar-refractivity contribution < 1.29 is 9.18 Å². The maximum atomic E-state index is 11.7. The predicted molar refractivity (Wildman–Crippen MR) is 23.1 cm³/mol. The lowest BCUT2D eigenvalue weighted by molar-refractivity contribution is -0.122. The van der Waals surface area contributed by atoms with E-state index in [1.54, 1.807) is 0 Å². The van der Waals surface area contributed by atoms with Crippen molar-refractivity contribution >= 4 is 5.91 Å². The summed E-state index contributed by atoms with van der Waals surface area (Å²) in [7, 11) is 0. The van der Waals surface area contributed by atoms with Gasteiger partial charge in [0.05, 0.1) is 0 Å². The zero-order chi connectivity index (χ0) is 5.86. The molecule has 0 aliphatic rings. The second-order valence-corrected chi connectivity index (χ2v) is 1.11. The van der Waals surface area contributed by atoms with Crippen molar-refractivity contribution in [1.29, 1.82) is 0 Å². The molecule has 0 fully saturated rings. The Bertz CT molecular complexity index is 75.3. The van der Waals surface area contributed by atoms with E-state index in [0.29, 0.717) is 0 Å². The normalized spacial score (nSPS) is 13.4. The number of nitrogens with two attached hydrogens (primary N) is 2. The number of amides is 1. The van der Waals surface area contributed by atoms with Crippen LogP contribution >= 0.6 is 0 Å². The predicted octanol–water partition coefficient (Wildman–Crippen LogP) is -1.23. The van der Waals surface area contributed by atoms with Crippen molar-refractivity contribution in [2.75, 3.05) is 6.54 Å². The van der Waals surface area contributed by atoms with Crippen LogP contribution in [-0.2, 0) is 4.79 Å². The van der Waals surface area contributed by atoms with Crippen molar-refractivity contribution in [3.8, 4) is 0 Å². The van der Waals surface area contributed by atoms with E-state index in [1.165, 1.54) is 0 Å². The highest BCUT2D eigenvalue weighted by Crippen LogP contribution is 1.81. The lowest BCUT2D eigenvalue weighted by Gasteiger charge is -1.94. The number of hydrogen-bond acceptors (Lipinski definition) is 2. The van der Waals surface area contributed by atoms with Crippen LogP contribution in [0.1, 0.15) is 0 Å². The van der Waals surface area contributed by atoms with Crippen molar-refractivity contribution in [2.45, 2.75) is 6.17 Å². The third kappa shape index (κ3) is 2.11. The molecule has 7 heavy (non-hydrogen) atoms. The molecule has 0 spiro atoms. The second kappa shape index (κ2) is 2.52. The molecule has 0 aliphatic carbocycles. The first-order chi connectivity index (χ1) is 3.18. The van der Waals surface area contributed by atoms with Gasteiger partial charge >= 0.3 is 0 Å². The molecule has 0 aromatic rings. The fraction of sp³-hybridized carbons (Fsp3) is 0.667. The number of primary amides is 1. The van der Waals surface area contributed by atoms with Gasteiger partial charge in [0.1, 0.15) is 0 Å². The van der Waals surface area contributed by atoms with Crippen LogP contribution in [-0.4, -0.2) is 18.6 Å². The molecule has 0 aromatic carbocycles. The Hall–Kier alpha value is -0.640. The van der Waals surface area contributed by atoms with Gasteiger partial charge in [-0.1, -0.05) is 0 Å². The van der Waals surface area contributed by atoms with Crippen molar-refractivity contribution in [1.82, 2.24) is 0 Å². The highest BCUT2D eigenvalue weighted by atomic mass is 19.1. The minimum Gasteiger partial charge on any atom is -0.367 e. The first-order valence-electron chi connectivity index (χ1n) is 1.82. The van der Waals surface area contributed by atoms with Crippen molar-refractivity contribution in [3.05, 3.63) is 0 Å². The molecule has 0 unspecified atom stereocenters. The summed E-state index contributed by atoms with van der Waals surface area (Å²) in [6.45, 7) is -0.324. The van der Waals surface area contributed by atoms with Gasteiger partial charge < -0.3 is 11.5 Å². The topological polar surface area (TPSA) is 69.1 Å². The third-order valence-electron chi connectivity index (χ3n) is 0.516. The third-order valence-corrected chi connectivity index (χ3v) is 0.516. The van der Waals surface area contributed by atoms with Gasteiger partial charge in [-0.2, -0.15) is 0 Å². The van der Waals surface area contributed by atoms with Crippen molar-refractivity contribution in [3.63, 3.8) is 0 Å². The molecule has 0 aliphatic heterocycles. The summed E-state index contributed by atoms with van der Waals surface area (Å²) in [4.78, 5) is 9.70. The molecule has 0 rings (SSSR count). The Balaban J connectivity index is 3.34. The number of carbonyl (C=O) groups excluding carboxylic acids is 1. The van der Waals surface area contributed by atoms with Crippen LogP contribution in [0.5, 0.6) is 0 Å². The average molecular weight is 106 g/mol. The monoisotopic (exact) mass is 106 g/mol. The lowest BCUT2D eigenvalue weighted by Crippen LogP contribution is -2.31. The van der Waals surface area contributed by atoms with Gasteiger partial charge in [-0.3, -0.25) is 4.79 Å². The molecule has 1 atom stereocenters. The Morgan fingerprint density at radius 1 is 1.86 bits per heavy atom. The molecule has 0 aromatic heterocycles. The van der Waals surface area contributed by atoms with E-state index in [2.05, 4.69) is 5.73 Å². The molecule has 4 heteroatoms. The summed E-state index contributed by atoms with van der Waals surface area (Å²) in [6.07, 6.45) is -1.68. The SMILES string of the molecule is NC[C@H](F)C(N)=O. The quantitative estimate of drug-likeness (QED) is 0.462. The van der Waals surface area contributed by atoms with Crippen LogP contribution in [0.2, 0.25) is 0 Å². The molecule has 1 amide bonds. The van der Waals surface area contributed by atoms with Gasteiger partial charge in [0.25, 0.3) is 5.91 Å². The summed E-state index contributed by atoms with van der Waals surface area (Å²) in [5.74, 6) is -0.998. The molecule has 0 bridgehead atoms. The summed E-state index contributed by atoms with van der Waals surface area (Å²) in [6, 6.07) is 0. The van der Waals surface area contributed by atoms with E-state index in [4.69, 9.17) is 5.73 Å². The first-order valence-corrected chi connectivity index (χ1v) is 1.82. The number of halogens is 1. The van der Waals surface area contributed by atoms with E-state index in [-0.39, 0.29) is 6.54 Å². The van der Waals surface area contributed by atoms with Crippen LogP contribution in [0, 0.1) is 0 Å². The molecule has 42 valence electrons. The Labute approximate surface area is 40.5 Å². The van der Waals surface area contributed by atoms with Gasteiger partial charge in [0.15, 0.2) is 6.17 Å². The first kappa shape index (κ1) is 6.36. The van der Waals surface area contributed by atoms with Crippen LogP contribution in [0.4, 0.5) is 4.39 Å². The number of alkyl halides is 1. The average Bonchev–Trinajstić information content (AvgIpc) is 1.65. The van der Waals surface area contributed by atoms with Gasteiger partial charge in [-0.15, -0.1) is 0 Å². The molecule has 0 heterocycles. The van der Waals surface area contributed by atoms with Gasteiger partial charge in [0, 0.05) is 6.54 Å². The number of carbonyl (C=O) groups is 1. The van der Waals surface area contributed by atoms with Crippen LogP contribution in [0.25, 0.3) is 0 Å². The largest absolute Gasteiger partial charge is 0.367 e. The maximum Gasteiger partial charge on any atom is 0.253 e. The molecule has 4 N–H and O–H groups in total. The lowest BCUT2D eigenvalue weighted by atomic mass is 10.4. The standard InChI is InChI=1S/C3H7FN2O/c4-2(1-5)3(6)7/h2H,1,5H2,(H2,6,7)/t2-/m0/s1. The molecule has 0 radical (unpaired) electrons. The van der Waals surface area contributed by atoms with Gasteiger partial charge in [-0.05, 0) is 0 Å². The zero-order valence-corrected chi connectivity index (χ0v) is 3.73. The molecular formula is C3H7FN2O. The maximum absolute atomic E-state index is 11.7. The smallest absolute Gasteiger partial charge is 0.253 e. The number of hydrogen-bond donors (Lipinski definition) is 2. The van der Waals surface area contributed by atoms with Gasteiger partial charge in [0.2, 0.25) is 0 Å². The number of rotatable bonds is 2. The summed E-state index contributed by atoms with van der Waals surface area (Å²) in [5, 5.41) is 0. The van der Waals surface area contributed by atoms with Crippen LogP contribution in [0.3, 0.4) is 0 Å². The van der Waals surface area contributed by atoms with E-state index in [1.807, 2.05) is 0 Å². The molecule has 0 saturated carbocycles. The molecule has 3 nitrogen and oxygen atoms in total. The highest BCUT2D eigenvalue weighted by molar-refractivity contribution is 5.78. The van der Waals surface area contributed by atoms with E-state index in [9.17, 15) is 9.18 Å². The molecular weight excluding hydrogens is 99.0 g/mol. The van der Waals surface area contributed by atoms with Crippen molar-refractivity contribution in [2.24, 2.45) is 11.5 Å². The van der Waals surface area contributed by atoms with E-state index < -0.39 is 12.1 Å². The Morgan fingerprint density at radius 2 is 2.29 bits per heavy atom. The minimum atomic E-state index is -1.68. The van der Waals surface area contributed by atoms with Gasteiger partial charge in [-0.25, -0.2) is 4.39 Å². The van der Waals surface area contributed by atoms with E-state index >= 15 is 0 Å².